The Kier molecular flexibility index (Phi) is 8.12. The molecule has 0 N–H and O–H groups in total. The minimum absolute atomic E-state index is 0. The van der Waals surface area contributed by atoms with Crippen LogP contribution in [0.25, 0.3) is 16.8 Å². The molecule has 6 heteroatoms. The Hall–Kier alpha value is -4.31. The molecule has 0 atom stereocenters. The van der Waals surface area contributed by atoms with Crippen LogP contribution in [0.2, 0.25) is 0 Å². The lowest BCUT2D eigenvalue weighted by Gasteiger charge is -2.27. The zero-order valence-corrected chi connectivity index (χ0v) is 26.3. The molecule has 2 heterocycles. The molecule has 0 amide bonds. The number of aromatic nitrogens is 3. The maximum Gasteiger partial charge on any atom is 0.219 e. The summed E-state index contributed by atoms with van der Waals surface area (Å²) in [6.45, 7) is 2.65. The Morgan fingerprint density at radius 2 is 1.07 bits per heavy atom. The number of aryl methyl sites for hydroxylation is 1. The summed E-state index contributed by atoms with van der Waals surface area (Å²) in [5.74, 6) is 0.900. The molecule has 7 rings (SSSR count). The maximum atomic E-state index is 14.8. The van der Waals surface area contributed by atoms with Crippen LogP contribution in [0.15, 0.2) is 146 Å². The van der Waals surface area contributed by atoms with E-state index in [-0.39, 0.29) is 22.8 Å². The molecule has 212 valence electrons. The van der Waals surface area contributed by atoms with Gasteiger partial charge in [-0.3, -0.25) is 9.20 Å². The van der Waals surface area contributed by atoms with Gasteiger partial charge in [-0.05, 0) is 61.0 Å². The first-order valence-electron chi connectivity index (χ1n) is 14.2. The summed E-state index contributed by atoms with van der Waals surface area (Å²) in [5.41, 5.74) is 4.68. The molecular weight excluding hydrogens is 613 g/mol. The van der Waals surface area contributed by atoms with Gasteiger partial charge in [0.2, 0.25) is 11.6 Å². The number of nitrogens with zero attached hydrogens (tertiary/aromatic N) is 3. The number of halogens is 1. The summed E-state index contributed by atoms with van der Waals surface area (Å²) < 4.78 is 4.31. The largest absolute Gasteiger partial charge is 1.00 e. The number of Topliss-reactive ketones (excluding diaryl/α,β-unsaturated/α-hetero) is 1. The van der Waals surface area contributed by atoms with E-state index in [1.54, 1.807) is 0 Å². The Bertz CT molecular complexity index is 1910. The Labute approximate surface area is 262 Å². The van der Waals surface area contributed by atoms with Gasteiger partial charge in [0.25, 0.3) is 0 Å². The third kappa shape index (κ3) is 5.03. The normalized spacial score (nSPS) is 11.5. The maximum absolute atomic E-state index is 14.8. The van der Waals surface area contributed by atoms with Crippen molar-refractivity contribution < 1.29 is 21.8 Å². The molecule has 4 nitrogen and oxygen atoms in total. The molecule has 0 radical (unpaired) electrons. The monoisotopic (exact) mass is 643 g/mol. The average molecular weight is 645 g/mol. The van der Waals surface area contributed by atoms with E-state index in [0.29, 0.717) is 18.4 Å². The number of hydrogen-bond donors (Lipinski definition) is 0. The molecule has 0 spiro atoms. The zero-order valence-electron chi connectivity index (χ0n) is 23.8. The van der Waals surface area contributed by atoms with Crippen LogP contribution < -0.4 is 32.9 Å². The minimum Gasteiger partial charge on any atom is -1.00 e. The summed E-state index contributed by atoms with van der Waals surface area (Å²) in [7, 11) is -2.35. The Balaban J connectivity index is 0.00000329. The van der Waals surface area contributed by atoms with Crippen molar-refractivity contribution in [1.29, 1.82) is 0 Å². The number of imidazole rings is 2. The van der Waals surface area contributed by atoms with Crippen molar-refractivity contribution in [2.24, 2.45) is 0 Å². The highest BCUT2D eigenvalue weighted by Gasteiger charge is 2.48. The summed E-state index contributed by atoms with van der Waals surface area (Å²) >= 11 is 0. The first kappa shape index (κ1) is 28.8. The first-order valence-corrected chi connectivity index (χ1v) is 16.2. The van der Waals surface area contributed by atoms with E-state index in [2.05, 4.69) is 118 Å². The van der Waals surface area contributed by atoms with Crippen molar-refractivity contribution in [3.63, 3.8) is 0 Å². The average Bonchev–Trinajstić information content (AvgIpc) is 3.54. The van der Waals surface area contributed by atoms with Gasteiger partial charge in [0.1, 0.15) is 35.0 Å². The highest BCUT2D eigenvalue weighted by molar-refractivity contribution is 7.96. The van der Waals surface area contributed by atoms with Gasteiger partial charge in [0, 0.05) is 0 Å². The van der Waals surface area contributed by atoms with E-state index in [0.717, 1.165) is 22.5 Å². The zero-order chi connectivity index (χ0) is 28.5. The number of benzene rings is 5. The SMILES string of the molecule is Cc1nc2n(Cc3ccccc3)c3ccccc3n2c1C(=O)C[P+](c1ccccc1)(c1ccccc1)c1ccccc1.[Br-]. The van der Waals surface area contributed by atoms with E-state index in [1.807, 2.05) is 43.3 Å². The molecule has 2 aromatic heterocycles. The Morgan fingerprint density at radius 3 is 1.58 bits per heavy atom. The van der Waals surface area contributed by atoms with Crippen molar-refractivity contribution in [2.75, 3.05) is 6.16 Å². The van der Waals surface area contributed by atoms with Gasteiger partial charge in [-0.25, -0.2) is 4.98 Å². The molecule has 0 bridgehead atoms. The number of rotatable bonds is 8. The summed E-state index contributed by atoms with van der Waals surface area (Å²) in [6.07, 6.45) is 0.373. The van der Waals surface area contributed by atoms with E-state index in [1.165, 1.54) is 21.5 Å². The van der Waals surface area contributed by atoms with Crippen LogP contribution in [0.4, 0.5) is 0 Å². The lowest BCUT2D eigenvalue weighted by Crippen LogP contribution is -3.00. The van der Waals surface area contributed by atoms with E-state index in [9.17, 15) is 4.79 Å². The quantitative estimate of drug-likeness (QED) is 0.187. The molecule has 0 fully saturated rings. The molecule has 0 saturated carbocycles. The van der Waals surface area contributed by atoms with Crippen LogP contribution in [0.5, 0.6) is 0 Å². The lowest BCUT2D eigenvalue weighted by atomic mass is 10.2. The fourth-order valence-electron chi connectivity index (χ4n) is 6.22. The van der Waals surface area contributed by atoms with Crippen LogP contribution in [0, 0.1) is 6.92 Å². The minimum atomic E-state index is -2.35. The predicted molar refractivity (Wildman–Crippen MR) is 175 cm³/mol. The van der Waals surface area contributed by atoms with Crippen LogP contribution in [0.1, 0.15) is 21.7 Å². The third-order valence-electron chi connectivity index (χ3n) is 8.11. The second-order valence-corrected chi connectivity index (χ2v) is 14.1. The van der Waals surface area contributed by atoms with Crippen molar-refractivity contribution in [2.45, 2.75) is 13.5 Å². The van der Waals surface area contributed by atoms with Crippen molar-refractivity contribution in [3.8, 4) is 0 Å². The topological polar surface area (TPSA) is 39.3 Å². The van der Waals surface area contributed by atoms with Crippen LogP contribution >= 0.6 is 7.26 Å². The second kappa shape index (κ2) is 12.1. The molecule has 0 unspecified atom stereocenters. The fraction of sp³-hybridized carbons (Fsp3) is 0.0811. The van der Waals surface area contributed by atoms with Gasteiger partial charge in [-0.15, -0.1) is 0 Å². The Morgan fingerprint density at radius 1 is 0.628 bits per heavy atom. The van der Waals surface area contributed by atoms with Gasteiger partial charge in [-0.1, -0.05) is 97.1 Å². The highest BCUT2D eigenvalue weighted by atomic mass is 79.9. The number of para-hydroxylation sites is 2. The smallest absolute Gasteiger partial charge is 0.219 e. The van der Waals surface area contributed by atoms with Gasteiger partial charge in [0.05, 0.1) is 23.3 Å². The van der Waals surface area contributed by atoms with E-state index in [4.69, 9.17) is 4.98 Å². The molecular formula is C37H31BrN3OP. The van der Waals surface area contributed by atoms with Crippen LogP contribution in [-0.2, 0) is 6.54 Å². The second-order valence-electron chi connectivity index (χ2n) is 10.6. The van der Waals surface area contributed by atoms with Crippen molar-refractivity contribution >= 4 is 45.8 Å². The highest BCUT2D eigenvalue weighted by Crippen LogP contribution is 2.55. The standard InChI is InChI=1S/C37H31N3OP.BrH/c1-28-36(40-34-25-15-14-24-33(34)39(37(40)38-28)26-29-16-6-2-7-17-29)35(41)27-42(30-18-8-3-9-19-30,31-20-10-4-11-21-31)32-22-12-5-13-23-32;/h2-25H,26-27H2,1H3;1H/q+1;/p-1. The van der Waals surface area contributed by atoms with Crippen LogP contribution in [0.3, 0.4) is 0 Å². The molecule has 0 aliphatic heterocycles. The third-order valence-corrected chi connectivity index (χ3v) is 12.4. The number of fused-ring (bicyclic) bond motifs is 3. The summed E-state index contributed by atoms with van der Waals surface area (Å²) in [5, 5.41) is 3.59. The van der Waals surface area contributed by atoms with Crippen molar-refractivity contribution in [1.82, 2.24) is 14.0 Å². The number of hydrogen-bond acceptors (Lipinski definition) is 2. The van der Waals surface area contributed by atoms with E-state index < -0.39 is 7.26 Å². The molecule has 0 aliphatic carbocycles. The molecule has 0 saturated heterocycles. The first-order chi connectivity index (χ1) is 20.7. The van der Waals surface area contributed by atoms with Gasteiger partial charge < -0.3 is 21.5 Å². The van der Waals surface area contributed by atoms with Crippen molar-refractivity contribution in [3.05, 3.63) is 163 Å². The van der Waals surface area contributed by atoms with E-state index >= 15 is 0 Å². The van der Waals surface area contributed by atoms with Crippen LogP contribution in [-0.4, -0.2) is 25.9 Å². The molecule has 5 aromatic carbocycles. The summed E-state index contributed by atoms with van der Waals surface area (Å²) in [4.78, 5) is 19.9. The molecule has 0 aliphatic rings. The summed E-state index contributed by atoms with van der Waals surface area (Å²) in [6, 6.07) is 50.5. The number of ketones is 1. The fourth-order valence-corrected chi connectivity index (χ4v) is 10.3. The van der Waals surface area contributed by atoms with Gasteiger partial charge in [-0.2, -0.15) is 0 Å². The number of carbonyl (C=O) groups is 1. The molecule has 43 heavy (non-hydrogen) atoms. The lowest BCUT2D eigenvalue weighted by molar-refractivity contribution is -0.0000161. The number of carbonyl (C=O) groups excluding carboxylic acids is 1. The van der Waals surface area contributed by atoms with Gasteiger partial charge in [0.15, 0.2) is 0 Å². The van der Waals surface area contributed by atoms with Gasteiger partial charge >= 0.3 is 0 Å². The molecule has 7 aromatic rings. The predicted octanol–water partition coefficient (Wildman–Crippen LogP) is 3.83.